The van der Waals surface area contributed by atoms with E-state index >= 15 is 0 Å². The summed E-state index contributed by atoms with van der Waals surface area (Å²) in [6.07, 6.45) is 1.79. The molecule has 0 aliphatic carbocycles. The van der Waals surface area contributed by atoms with E-state index in [1.54, 1.807) is 36.3 Å². The third-order valence-electron chi connectivity index (χ3n) is 4.90. The minimum Gasteiger partial charge on any atom is -0.493 e. The molecule has 1 fully saturated rings. The van der Waals surface area contributed by atoms with Crippen LogP contribution >= 0.6 is 39.9 Å². The average molecular weight is 544 g/mol. The van der Waals surface area contributed by atoms with Gasteiger partial charge in [0.2, 0.25) is 0 Å². The van der Waals surface area contributed by atoms with Gasteiger partial charge in [0.15, 0.2) is 11.5 Å². The number of hydrogen-bond acceptors (Lipinski definition) is 5. The summed E-state index contributed by atoms with van der Waals surface area (Å²) in [6, 6.07) is 19.5. The summed E-state index contributed by atoms with van der Waals surface area (Å²) < 4.78 is 25.8. The Hall–Kier alpha value is -2.68. The van der Waals surface area contributed by atoms with Gasteiger partial charge in [-0.25, -0.2) is 4.39 Å². The van der Waals surface area contributed by atoms with Gasteiger partial charge in [-0.3, -0.25) is 9.69 Å². The Balaban J connectivity index is 1.53. The van der Waals surface area contributed by atoms with Gasteiger partial charge in [-0.15, -0.1) is 0 Å². The van der Waals surface area contributed by atoms with Crippen molar-refractivity contribution in [1.29, 1.82) is 0 Å². The lowest BCUT2D eigenvalue weighted by Crippen LogP contribution is -2.27. The van der Waals surface area contributed by atoms with Crippen molar-refractivity contribution >= 4 is 56.2 Å². The minimum atomic E-state index is -0.295. The number of thiocarbonyl (C=S) groups is 1. The molecule has 1 aliphatic rings. The SMILES string of the molecule is COc1cc(/C=C2/SC(=S)N(Cc3ccccc3)C2=O)cc(Br)c1OCc1ccc(F)cc1. The monoisotopic (exact) mass is 543 g/mol. The second kappa shape index (κ2) is 10.5. The molecule has 0 radical (unpaired) electrons. The highest BCUT2D eigenvalue weighted by molar-refractivity contribution is 9.10. The lowest BCUT2D eigenvalue weighted by Gasteiger charge is -2.14. The first kappa shape index (κ1) is 23.5. The van der Waals surface area contributed by atoms with Crippen LogP contribution in [0.1, 0.15) is 16.7 Å². The van der Waals surface area contributed by atoms with Crippen molar-refractivity contribution in [2.45, 2.75) is 13.2 Å². The van der Waals surface area contributed by atoms with Crippen LogP contribution in [0.2, 0.25) is 0 Å². The number of carbonyl (C=O) groups excluding carboxylic acids is 1. The maximum atomic E-state index is 13.1. The number of nitrogens with zero attached hydrogens (tertiary/aromatic N) is 1. The first-order valence-corrected chi connectivity index (χ1v) is 12.0. The van der Waals surface area contributed by atoms with E-state index in [-0.39, 0.29) is 18.3 Å². The Morgan fingerprint density at radius 3 is 2.52 bits per heavy atom. The molecule has 168 valence electrons. The van der Waals surface area contributed by atoms with Crippen molar-refractivity contribution in [1.82, 2.24) is 4.90 Å². The van der Waals surface area contributed by atoms with Crippen LogP contribution in [0.4, 0.5) is 4.39 Å². The lowest BCUT2D eigenvalue weighted by atomic mass is 10.1. The van der Waals surface area contributed by atoms with E-state index in [1.807, 2.05) is 36.4 Å². The van der Waals surface area contributed by atoms with Crippen LogP contribution in [0.25, 0.3) is 6.08 Å². The fraction of sp³-hybridized carbons (Fsp3) is 0.120. The summed E-state index contributed by atoms with van der Waals surface area (Å²) in [7, 11) is 1.55. The predicted octanol–water partition coefficient (Wildman–Crippen LogP) is 6.58. The van der Waals surface area contributed by atoms with Gasteiger partial charge < -0.3 is 9.47 Å². The van der Waals surface area contributed by atoms with Gasteiger partial charge in [0.1, 0.15) is 16.7 Å². The third kappa shape index (κ3) is 5.63. The molecule has 0 unspecified atom stereocenters. The van der Waals surface area contributed by atoms with Crippen molar-refractivity contribution in [3.63, 3.8) is 0 Å². The molecule has 0 aromatic heterocycles. The van der Waals surface area contributed by atoms with Crippen LogP contribution in [0.3, 0.4) is 0 Å². The van der Waals surface area contributed by atoms with Crippen molar-refractivity contribution in [2.75, 3.05) is 7.11 Å². The summed E-state index contributed by atoms with van der Waals surface area (Å²) in [6.45, 7) is 0.693. The first-order chi connectivity index (χ1) is 15.9. The average Bonchev–Trinajstić information content (AvgIpc) is 3.07. The predicted molar refractivity (Wildman–Crippen MR) is 137 cm³/mol. The minimum absolute atomic E-state index is 0.124. The lowest BCUT2D eigenvalue weighted by molar-refractivity contribution is -0.122. The molecule has 1 heterocycles. The number of methoxy groups -OCH3 is 1. The molecule has 4 rings (SSSR count). The molecule has 0 bridgehead atoms. The van der Waals surface area contributed by atoms with E-state index in [0.29, 0.717) is 31.7 Å². The topological polar surface area (TPSA) is 38.8 Å². The number of halogens is 2. The second-order valence-corrected chi connectivity index (χ2v) is 9.73. The van der Waals surface area contributed by atoms with Gasteiger partial charge in [0.05, 0.1) is 23.0 Å². The van der Waals surface area contributed by atoms with E-state index in [0.717, 1.165) is 16.7 Å². The number of rotatable bonds is 7. The third-order valence-corrected chi connectivity index (χ3v) is 6.87. The summed E-state index contributed by atoms with van der Waals surface area (Å²) in [5, 5.41) is 0. The quantitative estimate of drug-likeness (QED) is 0.248. The number of ether oxygens (including phenoxy) is 2. The Kier molecular flexibility index (Phi) is 7.47. The van der Waals surface area contributed by atoms with Gasteiger partial charge >= 0.3 is 0 Å². The molecular weight excluding hydrogens is 525 g/mol. The van der Waals surface area contributed by atoms with Gasteiger partial charge in [-0.2, -0.15) is 0 Å². The van der Waals surface area contributed by atoms with E-state index in [9.17, 15) is 9.18 Å². The van der Waals surface area contributed by atoms with Crippen molar-refractivity contribution in [2.24, 2.45) is 0 Å². The highest BCUT2D eigenvalue weighted by Gasteiger charge is 2.32. The molecule has 0 spiro atoms. The Morgan fingerprint density at radius 1 is 1.09 bits per heavy atom. The number of carbonyl (C=O) groups is 1. The summed E-state index contributed by atoms with van der Waals surface area (Å²) in [5.74, 6) is 0.615. The van der Waals surface area contributed by atoms with E-state index < -0.39 is 0 Å². The van der Waals surface area contributed by atoms with Crippen LogP contribution in [-0.2, 0) is 17.9 Å². The molecular formula is C25H19BrFNO3S2. The maximum Gasteiger partial charge on any atom is 0.266 e. The van der Waals surface area contributed by atoms with E-state index in [1.165, 1.54) is 23.9 Å². The molecule has 0 saturated carbocycles. The second-order valence-electron chi connectivity index (χ2n) is 7.20. The van der Waals surface area contributed by atoms with Crippen molar-refractivity contribution in [3.05, 3.63) is 98.6 Å². The Labute approximate surface area is 209 Å². The summed E-state index contributed by atoms with van der Waals surface area (Å²) in [5.41, 5.74) is 2.62. The van der Waals surface area contributed by atoms with Crippen LogP contribution in [0.5, 0.6) is 11.5 Å². The molecule has 1 aliphatic heterocycles. The number of benzene rings is 3. The first-order valence-electron chi connectivity index (χ1n) is 9.98. The normalized spacial score (nSPS) is 14.8. The van der Waals surface area contributed by atoms with E-state index in [2.05, 4.69) is 15.9 Å². The number of thioether (sulfide) groups is 1. The molecule has 3 aromatic rings. The summed E-state index contributed by atoms with van der Waals surface area (Å²) >= 11 is 10.3. The maximum absolute atomic E-state index is 13.1. The highest BCUT2D eigenvalue weighted by Crippen LogP contribution is 2.39. The van der Waals surface area contributed by atoms with Crippen LogP contribution in [0.15, 0.2) is 76.1 Å². The molecule has 0 atom stereocenters. The van der Waals surface area contributed by atoms with Gasteiger partial charge in [0, 0.05) is 0 Å². The van der Waals surface area contributed by atoms with Crippen molar-refractivity contribution < 1.29 is 18.7 Å². The van der Waals surface area contributed by atoms with Crippen LogP contribution < -0.4 is 9.47 Å². The van der Waals surface area contributed by atoms with Gasteiger partial charge in [0.25, 0.3) is 5.91 Å². The Morgan fingerprint density at radius 2 is 1.82 bits per heavy atom. The molecule has 1 saturated heterocycles. The molecule has 33 heavy (non-hydrogen) atoms. The summed E-state index contributed by atoms with van der Waals surface area (Å²) in [4.78, 5) is 15.1. The standard InChI is InChI=1S/C25H19BrFNO3S2/c1-30-21-12-18(11-20(26)23(21)31-15-17-7-9-19(27)10-8-17)13-22-24(29)28(25(32)33-22)14-16-5-3-2-4-6-16/h2-13H,14-15H2,1H3/b22-13+. The molecule has 8 heteroatoms. The van der Waals surface area contributed by atoms with Crippen LogP contribution in [-0.4, -0.2) is 22.2 Å². The van der Waals surface area contributed by atoms with Gasteiger partial charge in [-0.1, -0.05) is 66.4 Å². The van der Waals surface area contributed by atoms with Gasteiger partial charge in [-0.05, 0) is 63.0 Å². The fourth-order valence-electron chi connectivity index (χ4n) is 3.25. The highest BCUT2D eigenvalue weighted by atomic mass is 79.9. The smallest absolute Gasteiger partial charge is 0.266 e. The molecule has 3 aromatic carbocycles. The zero-order valence-corrected chi connectivity index (χ0v) is 20.8. The van der Waals surface area contributed by atoms with Crippen LogP contribution in [0, 0.1) is 5.82 Å². The molecule has 4 nitrogen and oxygen atoms in total. The van der Waals surface area contributed by atoms with Crippen molar-refractivity contribution in [3.8, 4) is 11.5 Å². The fourth-order valence-corrected chi connectivity index (χ4v) is 5.08. The number of hydrogen-bond donors (Lipinski definition) is 0. The molecule has 1 amide bonds. The Bertz CT molecular complexity index is 1220. The zero-order chi connectivity index (χ0) is 23.4. The largest absolute Gasteiger partial charge is 0.493 e. The van der Waals surface area contributed by atoms with E-state index in [4.69, 9.17) is 21.7 Å². The molecule has 0 N–H and O–H groups in total. The number of amides is 1. The zero-order valence-electron chi connectivity index (χ0n) is 17.6.